The maximum absolute atomic E-state index is 12.0. The van der Waals surface area contributed by atoms with E-state index in [1.54, 1.807) is 6.07 Å². The number of morpholine rings is 1. The monoisotopic (exact) mass is 423 g/mol. The number of hydrogen-bond donors (Lipinski definition) is 1. The molecule has 0 amide bonds. The van der Waals surface area contributed by atoms with Crippen LogP contribution in [0.25, 0.3) is 0 Å². The number of aromatic nitrogens is 1. The zero-order chi connectivity index (χ0) is 20.9. The summed E-state index contributed by atoms with van der Waals surface area (Å²) in [5.41, 5.74) is 1.74. The Bertz CT molecular complexity index is 1040. The average molecular weight is 423 g/mol. The molecule has 2 aliphatic rings. The number of thioether (sulfide) groups is 1. The van der Waals surface area contributed by atoms with Gasteiger partial charge in [0, 0.05) is 37.2 Å². The van der Waals surface area contributed by atoms with Crippen LogP contribution < -0.4 is 14.8 Å². The van der Waals surface area contributed by atoms with Gasteiger partial charge in [0.2, 0.25) is 5.75 Å². The number of carbonyl (C=O) groups excluding carboxylic acids is 2. The standard InChI is InChI=1S/C21H17N3O5S/c22-10-15-9-18(25)29-19-16(28-21(15)26)5-6-24-20(19)30-12-13-1-3-14(4-2-13)17-11-23-7-8-27-17/h1-6,9,17,23H,7-8,11-12H2/b15-9+. The lowest BCUT2D eigenvalue weighted by molar-refractivity contribution is -0.134. The first-order valence-corrected chi connectivity index (χ1v) is 10.2. The van der Waals surface area contributed by atoms with E-state index in [1.165, 1.54) is 24.0 Å². The Labute approximate surface area is 176 Å². The van der Waals surface area contributed by atoms with Crippen LogP contribution in [0.4, 0.5) is 0 Å². The predicted molar refractivity (Wildman–Crippen MR) is 107 cm³/mol. The summed E-state index contributed by atoms with van der Waals surface area (Å²) in [6.45, 7) is 2.36. The first-order valence-electron chi connectivity index (χ1n) is 9.23. The van der Waals surface area contributed by atoms with E-state index in [-0.39, 0.29) is 17.6 Å². The molecule has 1 saturated heterocycles. The first kappa shape index (κ1) is 20.1. The van der Waals surface area contributed by atoms with Crippen LogP contribution >= 0.6 is 11.8 Å². The minimum Gasteiger partial charge on any atom is -0.418 e. The van der Waals surface area contributed by atoms with Crippen LogP contribution in [0.2, 0.25) is 0 Å². The maximum Gasteiger partial charge on any atom is 0.354 e. The molecule has 2 aromatic rings. The molecular formula is C21H17N3O5S. The quantitative estimate of drug-likeness (QED) is 0.585. The van der Waals surface area contributed by atoms with Crippen molar-refractivity contribution in [1.82, 2.24) is 10.3 Å². The third-order valence-electron chi connectivity index (χ3n) is 4.50. The van der Waals surface area contributed by atoms with Gasteiger partial charge in [0.1, 0.15) is 16.7 Å². The minimum atomic E-state index is -0.910. The van der Waals surface area contributed by atoms with Gasteiger partial charge in [-0.15, -0.1) is 0 Å². The Morgan fingerprint density at radius 3 is 2.77 bits per heavy atom. The maximum atomic E-state index is 12.0. The molecule has 9 heteroatoms. The lowest BCUT2D eigenvalue weighted by Gasteiger charge is -2.24. The molecule has 1 N–H and O–H groups in total. The highest BCUT2D eigenvalue weighted by atomic mass is 32.2. The number of carbonyl (C=O) groups is 2. The molecule has 4 rings (SSSR count). The lowest BCUT2D eigenvalue weighted by atomic mass is 10.1. The summed E-state index contributed by atoms with van der Waals surface area (Å²) < 4.78 is 16.2. The van der Waals surface area contributed by atoms with E-state index in [0.717, 1.165) is 30.3 Å². The third kappa shape index (κ3) is 4.52. The van der Waals surface area contributed by atoms with Gasteiger partial charge < -0.3 is 19.5 Å². The van der Waals surface area contributed by atoms with Gasteiger partial charge in [-0.05, 0) is 11.1 Å². The summed E-state index contributed by atoms with van der Waals surface area (Å²) in [6, 6.07) is 11.1. The summed E-state index contributed by atoms with van der Waals surface area (Å²) in [5, 5.41) is 12.7. The number of nitrogens with one attached hydrogen (secondary N) is 1. The molecule has 1 aromatic carbocycles. The first-order chi connectivity index (χ1) is 14.6. The molecule has 30 heavy (non-hydrogen) atoms. The van der Waals surface area contributed by atoms with Gasteiger partial charge in [0.05, 0.1) is 12.7 Å². The number of pyridine rings is 1. The van der Waals surface area contributed by atoms with Gasteiger partial charge in [0.25, 0.3) is 0 Å². The van der Waals surface area contributed by atoms with Gasteiger partial charge in [-0.3, -0.25) is 0 Å². The molecule has 0 aliphatic carbocycles. The Morgan fingerprint density at radius 1 is 1.20 bits per heavy atom. The van der Waals surface area contributed by atoms with Crippen LogP contribution in [0.5, 0.6) is 11.5 Å². The van der Waals surface area contributed by atoms with Crippen molar-refractivity contribution < 1.29 is 23.8 Å². The minimum absolute atomic E-state index is 0.0454. The number of benzene rings is 1. The van der Waals surface area contributed by atoms with E-state index in [4.69, 9.17) is 19.5 Å². The Balaban J connectivity index is 1.48. The van der Waals surface area contributed by atoms with Gasteiger partial charge in [-0.25, -0.2) is 14.6 Å². The smallest absolute Gasteiger partial charge is 0.354 e. The third-order valence-corrected chi connectivity index (χ3v) is 5.54. The van der Waals surface area contributed by atoms with Gasteiger partial charge >= 0.3 is 11.9 Å². The Kier molecular flexibility index (Phi) is 6.09. The van der Waals surface area contributed by atoms with E-state index in [2.05, 4.69) is 10.3 Å². The molecule has 0 radical (unpaired) electrons. The van der Waals surface area contributed by atoms with Gasteiger partial charge in [0.15, 0.2) is 5.75 Å². The molecule has 0 bridgehead atoms. The summed E-state index contributed by atoms with van der Waals surface area (Å²) in [7, 11) is 0. The zero-order valence-corrected chi connectivity index (χ0v) is 16.6. The number of esters is 2. The second kappa shape index (κ2) is 9.09. The number of nitrogens with zero attached hydrogens (tertiary/aromatic N) is 2. The Hall–Kier alpha value is -3.19. The number of nitriles is 1. The summed E-state index contributed by atoms with van der Waals surface area (Å²) in [5.74, 6) is -1.06. The van der Waals surface area contributed by atoms with Crippen LogP contribution in [-0.2, 0) is 20.1 Å². The highest BCUT2D eigenvalue weighted by Crippen LogP contribution is 2.38. The van der Waals surface area contributed by atoms with Crippen LogP contribution in [0.1, 0.15) is 17.2 Å². The highest BCUT2D eigenvalue weighted by Gasteiger charge is 2.25. The summed E-state index contributed by atoms with van der Waals surface area (Å²) in [4.78, 5) is 28.3. The summed E-state index contributed by atoms with van der Waals surface area (Å²) in [6.07, 6.45) is 2.32. The topological polar surface area (TPSA) is 111 Å². The summed E-state index contributed by atoms with van der Waals surface area (Å²) >= 11 is 1.35. The van der Waals surface area contributed by atoms with Crippen molar-refractivity contribution in [2.24, 2.45) is 0 Å². The molecule has 8 nitrogen and oxygen atoms in total. The van der Waals surface area contributed by atoms with Crippen molar-refractivity contribution in [1.29, 1.82) is 5.26 Å². The van der Waals surface area contributed by atoms with Crippen LogP contribution in [0.3, 0.4) is 0 Å². The number of hydrogen-bond acceptors (Lipinski definition) is 9. The van der Waals surface area contributed by atoms with Crippen molar-refractivity contribution >= 4 is 23.7 Å². The molecule has 1 aromatic heterocycles. The lowest BCUT2D eigenvalue weighted by Crippen LogP contribution is -2.33. The van der Waals surface area contributed by atoms with Crippen molar-refractivity contribution in [3.63, 3.8) is 0 Å². The SMILES string of the molecule is N#C/C1=C\C(=O)Oc2c(ccnc2SCc2ccc(C3CNCCO3)cc2)OC1=O. The fraction of sp³-hybridized carbons (Fsp3) is 0.238. The van der Waals surface area contributed by atoms with Crippen molar-refractivity contribution in [2.45, 2.75) is 16.9 Å². The highest BCUT2D eigenvalue weighted by molar-refractivity contribution is 7.98. The van der Waals surface area contributed by atoms with Crippen LogP contribution in [-0.4, -0.2) is 36.6 Å². The molecule has 3 heterocycles. The second-order valence-electron chi connectivity index (χ2n) is 6.52. The van der Waals surface area contributed by atoms with E-state index in [9.17, 15) is 9.59 Å². The molecule has 2 aliphatic heterocycles. The molecular weight excluding hydrogens is 406 g/mol. The van der Waals surface area contributed by atoms with E-state index < -0.39 is 17.5 Å². The van der Waals surface area contributed by atoms with Crippen LogP contribution in [0, 0.1) is 11.3 Å². The zero-order valence-electron chi connectivity index (χ0n) is 15.8. The normalized spacial score (nSPS) is 20.5. The van der Waals surface area contributed by atoms with E-state index in [1.807, 2.05) is 24.3 Å². The van der Waals surface area contributed by atoms with Crippen LogP contribution in [0.15, 0.2) is 53.2 Å². The van der Waals surface area contributed by atoms with Crippen molar-refractivity contribution in [3.8, 4) is 17.6 Å². The Morgan fingerprint density at radius 2 is 2.03 bits per heavy atom. The molecule has 1 unspecified atom stereocenters. The molecule has 0 saturated carbocycles. The fourth-order valence-corrected chi connectivity index (χ4v) is 3.89. The van der Waals surface area contributed by atoms with Gasteiger partial charge in [-0.1, -0.05) is 36.0 Å². The molecule has 152 valence electrons. The molecule has 1 atom stereocenters. The van der Waals surface area contributed by atoms with E-state index >= 15 is 0 Å². The number of ether oxygens (including phenoxy) is 3. The number of rotatable bonds is 4. The van der Waals surface area contributed by atoms with E-state index in [0.29, 0.717) is 17.4 Å². The van der Waals surface area contributed by atoms with Gasteiger partial charge in [-0.2, -0.15) is 5.26 Å². The molecule has 1 fully saturated rings. The largest absolute Gasteiger partial charge is 0.418 e. The predicted octanol–water partition coefficient (Wildman–Crippen LogP) is 2.31. The fourth-order valence-electron chi connectivity index (χ4n) is 2.99. The second-order valence-corrected chi connectivity index (χ2v) is 7.48. The molecule has 0 spiro atoms. The van der Waals surface area contributed by atoms with Crippen molar-refractivity contribution in [2.75, 3.05) is 19.7 Å². The average Bonchev–Trinajstić information content (AvgIpc) is 2.77. The number of fused-ring (bicyclic) bond motifs is 1. The van der Waals surface area contributed by atoms with Crippen molar-refractivity contribution in [3.05, 3.63) is 59.3 Å².